The summed E-state index contributed by atoms with van der Waals surface area (Å²) in [4.78, 5) is 13.4. The van der Waals surface area contributed by atoms with Gasteiger partial charge in [-0.2, -0.15) is 0 Å². The van der Waals surface area contributed by atoms with Gasteiger partial charge in [0.15, 0.2) is 5.78 Å². The lowest BCUT2D eigenvalue weighted by molar-refractivity contribution is -0.161. The zero-order valence-electron chi connectivity index (χ0n) is 15.1. The van der Waals surface area contributed by atoms with E-state index in [1.807, 2.05) is 0 Å². The molecule has 2 bridgehead atoms. The summed E-state index contributed by atoms with van der Waals surface area (Å²) in [5.41, 5.74) is 1.49. The SMILES string of the molecule is CC1=C(C)C[C@H](C)[C@@H](C(=O)[C@@]2(O)C[C@H]3CC[C@]2(C)C3(C)C)C1. The highest BCUT2D eigenvalue weighted by Crippen LogP contribution is 2.70. The van der Waals surface area contributed by atoms with Crippen molar-refractivity contribution in [3.8, 4) is 0 Å². The number of ketones is 1. The molecule has 22 heavy (non-hydrogen) atoms. The van der Waals surface area contributed by atoms with Crippen LogP contribution >= 0.6 is 0 Å². The first-order chi connectivity index (χ1) is 10.0. The van der Waals surface area contributed by atoms with Crippen LogP contribution in [0, 0.1) is 28.6 Å². The fourth-order valence-electron chi connectivity index (χ4n) is 5.81. The van der Waals surface area contributed by atoms with Crippen molar-refractivity contribution in [1.82, 2.24) is 0 Å². The third kappa shape index (κ3) is 1.79. The first-order valence-electron chi connectivity index (χ1n) is 8.96. The largest absolute Gasteiger partial charge is 0.381 e. The molecule has 0 aromatic rings. The van der Waals surface area contributed by atoms with Crippen LogP contribution in [0.15, 0.2) is 11.1 Å². The Morgan fingerprint density at radius 2 is 1.73 bits per heavy atom. The molecule has 0 aromatic heterocycles. The molecule has 124 valence electrons. The Morgan fingerprint density at radius 1 is 1.14 bits per heavy atom. The van der Waals surface area contributed by atoms with Gasteiger partial charge < -0.3 is 5.11 Å². The van der Waals surface area contributed by atoms with Crippen molar-refractivity contribution < 1.29 is 9.90 Å². The van der Waals surface area contributed by atoms with Crippen LogP contribution in [0.1, 0.15) is 73.6 Å². The highest BCUT2D eigenvalue weighted by molar-refractivity contribution is 5.91. The van der Waals surface area contributed by atoms with Gasteiger partial charge in [-0.1, -0.05) is 38.8 Å². The van der Waals surface area contributed by atoms with E-state index in [9.17, 15) is 9.90 Å². The number of carbonyl (C=O) groups is 1. The summed E-state index contributed by atoms with van der Waals surface area (Å²) in [6.45, 7) is 13.2. The van der Waals surface area contributed by atoms with Crippen LogP contribution < -0.4 is 0 Å². The summed E-state index contributed by atoms with van der Waals surface area (Å²) in [7, 11) is 0. The van der Waals surface area contributed by atoms with E-state index in [0.29, 0.717) is 18.3 Å². The summed E-state index contributed by atoms with van der Waals surface area (Å²) in [6, 6.07) is 0. The van der Waals surface area contributed by atoms with Gasteiger partial charge in [0.2, 0.25) is 0 Å². The number of Topliss-reactive ketones (excluding diaryl/α,β-unsaturated/α-hetero) is 1. The Bertz CT molecular complexity index is 544. The number of rotatable bonds is 2. The minimum absolute atomic E-state index is 0.000625. The maximum absolute atomic E-state index is 13.4. The predicted molar refractivity (Wildman–Crippen MR) is 89.4 cm³/mol. The molecule has 2 nitrogen and oxygen atoms in total. The van der Waals surface area contributed by atoms with Crippen molar-refractivity contribution >= 4 is 5.78 Å². The molecule has 2 fully saturated rings. The van der Waals surface area contributed by atoms with E-state index < -0.39 is 5.60 Å². The summed E-state index contributed by atoms with van der Waals surface area (Å²) in [5, 5.41) is 11.5. The number of hydrogen-bond acceptors (Lipinski definition) is 2. The third-order valence-electron chi connectivity index (χ3n) is 8.20. The number of aliphatic hydroxyl groups is 1. The lowest BCUT2D eigenvalue weighted by Gasteiger charge is -2.46. The van der Waals surface area contributed by atoms with E-state index in [1.165, 1.54) is 11.1 Å². The molecule has 3 rings (SSSR count). The summed E-state index contributed by atoms with van der Waals surface area (Å²) >= 11 is 0. The standard InChI is InChI=1S/C20H32O2/c1-12-9-14(3)16(10-13(12)2)17(21)20(22)11-15-7-8-19(20,6)18(15,4)5/h14-16,22H,7-11H2,1-6H3/t14-,15+,16-,19+,20-/m0/s1. The lowest BCUT2D eigenvalue weighted by atomic mass is 9.59. The second-order valence-corrected chi connectivity index (χ2v) is 9.27. The summed E-state index contributed by atoms with van der Waals surface area (Å²) < 4.78 is 0. The number of allylic oxidation sites excluding steroid dienone is 2. The van der Waals surface area contributed by atoms with Crippen LogP contribution in [0.4, 0.5) is 0 Å². The van der Waals surface area contributed by atoms with Gasteiger partial charge in [0.25, 0.3) is 0 Å². The van der Waals surface area contributed by atoms with Crippen LogP contribution in [0.25, 0.3) is 0 Å². The molecule has 0 spiro atoms. The molecule has 1 N–H and O–H groups in total. The average molecular weight is 304 g/mol. The van der Waals surface area contributed by atoms with E-state index in [1.54, 1.807) is 0 Å². The maximum atomic E-state index is 13.4. The van der Waals surface area contributed by atoms with Crippen LogP contribution in [0.2, 0.25) is 0 Å². The number of hydrogen-bond donors (Lipinski definition) is 1. The van der Waals surface area contributed by atoms with E-state index in [2.05, 4.69) is 41.5 Å². The van der Waals surface area contributed by atoms with Crippen LogP contribution in [0.3, 0.4) is 0 Å². The molecule has 0 aromatic carbocycles. The highest BCUT2D eigenvalue weighted by Gasteiger charge is 2.71. The molecule has 0 saturated heterocycles. The third-order valence-corrected chi connectivity index (χ3v) is 8.20. The molecule has 0 radical (unpaired) electrons. The van der Waals surface area contributed by atoms with Gasteiger partial charge in [-0.05, 0) is 63.2 Å². The Balaban J connectivity index is 1.94. The Labute approximate surface area is 135 Å². The molecule has 0 heterocycles. The quantitative estimate of drug-likeness (QED) is 0.762. The van der Waals surface area contributed by atoms with Gasteiger partial charge in [-0.3, -0.25) is 4.79 Å². The number of carbonyl (C=O) groups excluding carboxylic acids is 1. The van der Waals surface area contributed by atoms with Crippen molar-refractivity contribution in [2.24, 2.45) is 28.6 Å². The normalized spacial score (nSPS) is 47.1. The van der Waals surface area contributed by atoms with Gasteiger partial charge in [0.05, 0.1) is 0 Å². The van der Waals surface area contributed by atoms with E-state index >= 15 is 0 Å². The molecule has 3 aliphatic rings. The van der Waals surface area contributed by atoms with E-state index in [0.717, 1.165) is 25.7 Å². The van der Waals surface area contributed by atoms with Crippen molar-refractivity contribution in [3.63, 3.8) is 0 Å². The van der Waals surface area contributed by atoms with E-state index in [4.69, 9.17) is 0 Å². The molecule has 2 saturated carbocycles. The molecule has 0 amide bonds. The van der Waals surface area contributed by atoms with Crippen LogP contribution in [-0.2, 0) is 4.79 Å². The lowest BCUT2D eigenvalue weighted by Crippen LogP contribution is -2.56. The Hall–Kier alpha value is -0.630. The molecule has 0 unspecified atom stereocenters. The molecular formula is C20H32O2. The first-order valence-corrected chi connectivity index (χ1v) is 8.96. The summed E-state index contributed by atoms with van der Waals surface area (Å²) in [5.74, 6) is 0.986. The average Bonchev–Trinajstić information content (AvgIpc) is 2.74. The van der Waals surface area contributed by atoms with Crippen LogP contribution in [0.5, 0.6) is 0 Å². The molecule has 2 heteroatoms. The topological polar surface area (TPSA) is 37.3 Å². The second-order valence-electron chi connectivity index (χ2n) is 9.27. The fourth-order valence-corrected chi connectivity index (χ4v) is 5.81. The highest BCUT2D eigenvalue weighted by atomic mass is 16.3. The zero-order valence-corrected chi connectivity index (χ0v) is 15.1. The smallest absolute Gasteiger partial charge is 0.168 e. The first kappa shape index (κ1) is 16.2. The molecule has 5 atom stereocenters. The van der Waals surface area contributed by atoms with Gasteiger partial charge in [-0.25, -0.2) is 0 Å². The zero-order chi connectivity index (χ0) is 16.5. The maximum Gasteiger partial charge on any atom is 0.168 e. The number of fused-ring (bicyclic) bond motifs is 2. The van der Waals surface area contributed by atoms with Crippen LogP contribution in [-0.4, -0.2) is 16.5 Å². The van der Waals surface area contributed by atoms with Crippen molar-refractivity contribution in [2.45, 2.75) is 79.2 Å². The minimum atomic E-state index is -1.11. The van der Waals surface area contributed by atoms with Crippen molar-refractivity contribution in [1.29, 1.82) is 0 Å². The summed E-state index contributed by atoms with van der Waals surface area (Å²) in [6.07, 6.45) is 4.68. The fraction of sp³-hybridized carbons (Fsp3) is 0.850. The van der Waals surface area contributed by atoms with Crippen molar-refractivity contribution in [3.05, 3.63) is 11.1 Å². The molecular weight excluding hydrogens is 272 g/mol. The predicted octanol–water partition coefficient (Wildman–Crippen LogP) is 4.52. The van der Waals surface area contributed by atoms with Gasteiger partial charge >= 0.3 is 0 Å². The minimum Gasteiger partial charge on any atom is -0.381 e. The Morgan fingerprint density at radius 3 is 2.23 bits per heavy atom. The van der Waals surface area contributed by atoms with Crippen molar-refractivity contribution in [2.75, 3.05) is 0 Å². The van der Waals surface area contributed by atoms with Gasteiger partial charge in [0, 0.05) is 11.3 Å². The Kier molecular flexibility index (Phi) is 3.46. The van der Waals surface area contributed by atoms with Gasteiger partial charge in [-0.15, -0.1) is 0 Å². The molecule has 0 aliphatic heterocycles. The molecule has 3 aliphatic carbocycles. The monoisotopic (exact) mass is 304 g/mol. The van der Waals surface area contributed by atoms with E-state index in [-0.39, 0.29) is 22.5 Å². The second kappa shape index (κ2) is 4.69. The van der Waals surface area contributed by atoms with Gasteiger partial charge in [0.1, 0.15) is 5.60 Å².